The Morgan fingerprint density at radius 2 is 0.603 bits per heavy atom. The number of fused-ring (bicyclic) bond motifs is 20. The van der Waals surface area contributed by atoms with E-state index >= 15 is 0 Å². The fourth-order valence-electron chi connectivity index (χ4n) is 9.15. The minimum Gasteiger partial charge on any atom is -0.488 e. The third-order valence-corrected chi connectivity index (χ3v) is 12.6. The van der Waals surface area contributed by atoms with Crippen molar-refractivity contribution >= 4 is 44.1 Å². The zero-order valence-corrected chi connectivity index (χ0v) is 39.8. The fraction of sp³-hybridized carbons (Fsp3) is 0.0667. The van der Waals surface area contributed by atoms with E-state index in [2.05, 4.69) is 0 Å². The second-order valence-electron chi connectivity index (χ2n) is 17.3. The van der Waals surface area contributed by atoms with Crippen LogP contribution in [0.5, 0.6) is 23.0 Å². The Balaban J connectivity index is 0.00000543. The molecule has 0 saturated heterocycles. The summed E-state index contributed by atoms with van der Waals surface area (Å²) < 4.78 is 26.4. The van der Waals surface area contributed by atoms with Gasteiger partial charge < -0.3 is 48.9 Å². The van der Waals surface area contributed by atoms with Crippen LogP contribution >= 0.6 is 0 Å². The van der Waals surface area contributed by atoms with Crippen LogP contribution in [0.1, 0.15) is 22.3 Å². The van der Waals surface area contributed by atoms with Crippen LogP contribution in [0.2, 0.25) is 0 Å². The molecule has 0 saturated carbocycles. The van der Waals surface area contributed by atoms with Crippen molar-refractivity contribution in [1.29, 1.82) is 0 Å². The molecule has 355 valence electrons. The van der Waals surface area contributed by atoms with Gasteiger partial charge in [0.05, 0.1) is 34.4 Å². The maximum atomic E-state index is 6.60. The summed E-state index contributed by atoms with van der Waals surface area (Å²) in [6.45, 7) is 1.29. The van der Waals surface area contributed by atoms with Gasteiger partial charge >= 0.3 is 17.1 Å². The van der Waals surface area contributed by atoms with Gasteiger partial charge in [0.1, 0.15) is 49.4 Å². The predicted molar refractivity (Wildman–Crippen MR) is 277 cm³/mol. The number of nitrogens with zero attached hydrogens (tertiary/aromatic N) is 8. The molecule has 0 amide bonds. The molecule has 1 radical (unpaired) electrons. The van der Waals surface area contributed by atoms with Crippen molar-refractivity contribution in [2.24, 2.45) is 0 Å². The van der Waals surface area contributed by atoms with E-state index in [1.54, 1.807) is 0 Å². The summed E-state index contributed by atoms with van der Waals surface area (Å²) in [5.41, 5.74) is 8.30. The van der Waals surface area contributed by atoms with Crippen molar-refractivity contribution in [1.82, 2.24) is 39.9 Å². The van der Waals surface area contributed by atoms with E-state index < -0.39 is 0 Å². The molecule has 12 nitrogen and oxygen atoms in total. The quantitative estimate of drug-likeness (QED) is 0.108. The van der Waals surface area contributed by atoms with Crippen LogP contribution < -0.4 is 28.9 Å². The fourth-order valence-corrected chi connectivity index (χ4v) is 9.15. The first-order valence-electron chi connectivity index (χ1n) is 23.6. The zero-order chi connectivity index (χ0) is 47.8. The van der Waals surface area contributed by atoms with Crippen LogP contribution in [0.3, 0.4) is 0 Å². The Kier molecular flexibility index (Phi) is 12.1. The average molecular weight is 1000 g/mol. The van der Waals surface area contributed by atoms with Gasteiger partial charge in [0.2, 0.25) is 0 Å². The van der Waals surface area contributed by atoms with Crippen LogP contribution in [-0.4, -0.2) is 29.9 Å². The maximum Gasteiger partial charge on any atom is 2.00 e. The summed E-state index contributed by atoms with van der Waals surface area (Å²) in [6.07, 6.45) is 0. The molecule has 0 spiro atoms. The second-order valence-corrected chi connectivity index (χ2v) is 17.3. The topological polar surface area (TPSA) is 142 Å². The smallest absolute Gasteiger partial charge is 0.488 e. The van der Waals surface area contributed by atoms with Crippen LogP contribution in [0.4, 0.5) is 0 Å². The molecule has 73 heavy (non-hydrogen) atoms. The molecular weight excluding hydrogens is 960 g/mol. The van der Waals surface area contributed by atoms with E-state index in [1.165, 1.54) is 0 Å². The Hall–Kier alpha value is -9.16. The molecule has 13 heteroatoms. The van der Waals surface area contributed by atoms with Crippen LogP contribution in [0.15, 0.2) is 194 Å². The summed E-state index contributed by atoms with van der Waals surface area (Å²) in [5, 5.41) is 2.75. The molecule has 8 bridgehead atoms. The van der Waals surface area contributed by atoms with Gasteiger partial charge in [0.15, 0.2) is 0 Å². The van der Waals surface area contributed by atoms with Crippen LogP contribution in [-0.2, 0) is 43.5 Å². The first kappa shape index (κ1) is 45.0. The predicted octanol–water partition coefficient (Wildman–Crippen LogP) is 12.4. The van der Waals surface area contributed by atoms with Gasteiger partial charge in [-0.2, -0.15) is 0 Å². The van der Waals surface area contributed by atoms with Crippen molar-refractivity contribution in [3.05, 3.63) is 216 Å². The standard InChI is InChI=1S/C60H40N8O4.Cu/c1-5-17-37(18-6-1)33-69-45-29-13-25-41-49(45)57-61-53(41)66-58-51-43(27-15-31-47(51)71-35-39-21-9-3-10-22-39)55(63-58)68-60-52-44(28-16-32-48(52)72-36-40-23-11-4-12-24-40)56(64-60)67-59-50-42(54(62-59)65-57)26-14-30-46(50)70-34-38-19-7-2-8-20-38;/h1-32H,33-36H2;/q-2;+2. The van der Waals surface area contributed by atoms with Gasteiger partial charge in [-0.05, 0) is 57.3 Å². The van der Waals surface area contributed by atoms with E-state index in [0.717, 1.165) is 22.3 Å². The van der Waals surface area contributed by atoms with Gasteiger partial charge in [-0.25, -0.2) is 9.97 Å². The Labute approximate surface area is 429 Å². The van der Waals surface area contributed by atoms with Crippen LogP contribution in [0, 0.1) is 0 Å². The number of hydrogen-bond acceptors (Lipinski definition) is 10. The first-order valence-corrected chi connectivity index (χ1v) is 23.6. The number of hydrogen-bond donors (Lipinski definition) is 0. The summed E-state index contributed by atoms with van der Waals surface area (Å²) in [6, 6.07) is 63.5. The summed E-state index contributed by atoms with van der Waals surface area (Å²) in [7, 11) is 0. The van der Waals surface area contributed by atoms with E-state index in [-0.39, 0.29) is 17.1 Å². The Bertz CT molecular complexity index is 3740. The van der Waals surface area contributed by atoms with Gasteiger partial charge in [0.25, 0.3) is 0 Å². The molecule has 8 aromatic carbocycles. The van der Waals surface area contributed by atoms with Crippen molar-refractivity contribution in [3.63, 3.8) is 0 Å². The molecule has 2 aliphatic heterocycles. The molecule has 0 fully saturated rings. The van der Waals surface area contributed by atoms with Gasteiger partial charge in [-0.3, -0.25) is 0 Å². The molecule has 0 atom stereocenters. The first-order chi connectivity index (χ1) is 35.7. The van der Waals surface area contributed by atoms with Gasteiger partial charge in [-0.1, -0.05) is 170 Å². The third-order valence-electron chi connectivity index (χ3n) is 12.6. The number of aromatic nitrogens is 8. The number of ether oxygens (including phenoxy) is 4. The Morgan fingerprint density at radius 1 is 0.288 bits per heavy atom. The SMILES string of the molecule is [Cu+2].c1ccc(COc2cccc3c2-c2nc-3nc3[n-]c(nc4nc(nc5[n-]c(n2)c2cccc(OCc6ccccc6)c52)-c2cccc(OCc5ccccc5)c2-4)c2cccc(OCc4ccccc4)c32)cc1. The minimum absolute atomic E-state index is 0. The van der Waals surface area contributed by atoms with Crippen molar-refractivity contribution < 1.29 is 36.0 Å². The Morgan fingerprint density at radius 3 is 0.973 bits per heavy atom. The largest absolute Gasteiger partial charge is 2.00 e. The average Bonchev–Trinajstić information content (AvgIpc) is 4.18. The third kappa shape index (κ3) is 8.77. The zero-order valence-electron chi connectivity index (χ0n) is 38.8. The molecule has 0 unspecified atom stereocenters. The van der Waals surface area contributed by atoms with Gasteiger partial charge in [0, 0.05) is 44.5 Å². The van der Waals surface area contributed by atoms with E-state index in [0.29, 0.717) is 139 Å². The number of benzene rings is 8. The summed E-state index contributed by atoms with van der Waals surface area (Å²) in [5.74, 6) is 3.83. The van der Waals surface area contributed by atoms with E-state index in [9.17, 15) is 0 Å². The van der Waals surface area contributed by atoms with Gasteiger partial charge in [-0.15, -0.1) is 0 Å². The van der Waals surface area contributed by atoms with E-state index in [1.807, 2.05) is 194 Å². The molecule has 11 aromatic rings. The van der Waals surface area contributed by atoms with Crippen molar-refractivity contribution in [2.75, 3.05) is 0 Å². The van der Waals surface area contributed by atoms with Crippen molar-refractivity contribution in [2.45, 2.75) is 26.4 Å². The second kappa shape index (κ2) is 19.6. The summed E-state index contributed by atoms with van der Waals surface area (Å²) in [4.78, 5) is 41.9. The summed E-state index contributed by atoms with van der Waals surface area (Å²) >= 11 is 0. The van der Waals surface area contributed by atoms with Crippen molar-refractivity contribution in [3.8, 4) is 68.5 Å². The molecule has 13 rings (SSSR count). The molecule has 3 aromatic heterocycles. The molecule has 2 aliphatic rings. The normalized spacial score (nSPS) is 11.4. The monoisotopic (exact) mass is 999 g/mol. The molecule has 5 heterocycles. The molecule has 0 N–H and O–H groups in total. The van der Waals surface area contributed by atoms with Crippen LogP contribution in [0.25, 0.3) is 89.7 Å². The molecule has 0 aliphatic carbocycles. The molecular formula is C60H40CuN8O4. The van der Waals surface area contributed by atoms with E-state index in [4.69, 9.17) is 58.8 Å². The maximum absolute atomic E-state index is 6.60. The number of rotatable bonds is 12. The minimum atomic E-state index is 0.